The zero-order valence-electron chi connectivity index (χ0n) is 13.3. The molecule has 5 rings (SSSR count). The maximum atomic E-state index is 2.43. The van der Waals surface area contributed by atoms with Crippen LogP contribution in [0.25, 0.3) is 11.1 Å². The Bertz CT molecular complexity index is 748. The summed E-state index contributed by atoms with van der Waals surface area (Å²) in [6.07, 6.45) is 9.64. The third-order valence-corrected chi connectivity index (χ3v) is 5.59. The van der Waals surface area contributed by atoms with Crippen molar-refractivity contribution in [1.29, 1.82) is 0 Å². The first kappa shape index (κ1) is 19.7. The number of hydrogen-bond acceptors (Lipinski definition) is 0. The van der Waals surface area contributed by atoms with Crippen molar-refractivity contribution < 1.29 is 51.0 Å². The number of hydrogen-bond donors (Lipinski definition) is 0. The first-order valence-electron chi connectivity index (χ1n) is 7.99. The number of halogens is 2. The van der Waals surface area contributed by atoms with Crippen molar-refractivity contribution in [3.8, 4) is 11.1 Å². The van der Waals surface area contributed by atoms with Gasteiger partial charge in [0.15, 0.2) is 0 Å². The molecule has 120 valence electrons. The largest absolute Gasteiger partial charge is 2.00 e. The van der Waals surface area contributed by atoms with Crippen molar-refractivity contribution in [2.45, 2.75) is 18.8 Å². The van der Waals surface area contributed by atoms with E-state index in [2.05, 4.69) is 66.8 Å². The van der Waals surface area contributed by atoms with Crippen LogP contribution in [0.5, 0.6) is 0 Å². The quantitative estimate of drug-likeness (QED) is 0.561. The molecule has 0 aliphatic heterocycles. The molecule has 24 heavy (non-hydrogen) atoms. The first-order valence-corrected chi connectivity index (χ1v) is 7.99. The molecule has 1 saturated carbocycles. The van der Waals surface area contributed by atoms with E-state index in [4.69, 9.17) is 0 Å². The Kier molecular flexibility index (Phi) is 6.35. The molecule has 2 unspecified atom stereocenters. The second kappa shape index (κ2) is 7.73. The molecule has 0 bridgehead atoms. The van der Waals surface area contributed by atoms with Crippen LogP contribution in [0, 0.1) is 11.8 Å². The van der Waals surface area contributed by atoms with Crippen LogP contribution in [0.3, 0.4) is 0 Å². The number of fused-ring (bicyclic) bond motifs is 4. The molecule has 0 aromatic heterocycles. The summed E-state index contributed by atoms with van der Waals surface area (Å²) >= 11 is 0. The van der Waals surface area contributed by atoms with E-state index in [1.807, 2.05) is 0 Å². The molecule has 0 amide bonds. The van der Waals surface area contributed by atoms with Gasteiger partial charge >= 0.3 is 26.2 Å². The van der Waals surface area contributed by atoms with E-state index in [1.54, 1.807) is 16.7 Å². The average molecular weight is 433 g/mol. The molecule has 0 N–H and O–H groups in total. The molecular weight excluding hydrogens is 414 g/mol. The molecule has 1 fully saturated rings. The van der Waals surface area contributed by atoms with E-state index in [0.29, 0.717) is 11.8 Å². The molecule has 3 aliphatic carbocycles. The van der Waals surface area contributed by atoms with Gasteiger partial charge in [-0.25, -0.2) is 0 Å². The molecule has 3 aliphatic rings. The Balaban J connectivity index is 0.000000694. The van der Waals surface area contributed by atoms with Crippen LogP contribution >= 0.6 is 0 Å². The summed E-state index contributed by atoms with van der Waals surface area (Å²) < 4.78 is 0. The van der Waals surface area contributed by atoms with E-state index in [-0.39, 0.29) is 51.0 Å². The van der Waals surface area contributed by atoms with Crippen LogP contribution in [0.1, 0.15) is 29.9 Å². The Morgan fingerprint density at radius 2 is 1.38 bits per heavy atom. The third-order valence-electron chi connectivity index (χ3n) is 5.59. The van der Waals surface area contributed by atoms with E-state index >= 15 is 0 Å². The minimum Gasteiger partial charge on any atom is -1.00 e. The fraction of sp³-hybridized carbons (Fsp3) is 0.238. The van der Waals surface area contributed by atoms with Gasteiger partial charge in [-0.2, -0.15) is 0 Å². The smallest absolute Gasteiger partial charge is 1.00 e. The van der Waals surface area contributed by atoms with Crippen LogP contribution in [0.4, 0.5) is 0 Å². The van der Waals surface area contributed by atoms with Crippen molar-refractivity contribution in [2.24, 2.45) is 11.8 Å². The van der Waals surface area contributed by atoms with E-state index in [0.717, 1.165) is 5.92 Å². The van der Waals surface area contributed by atoms with Gasteiger partial charge in [-0.05, 0) is 41.0 Å². The maximum Gasteiger partial charge on any atom is 2.00 e. The van der Waals surface area contributed by atoms with E-state index in [1.165, 1.54) is 24.0 Å². The maximum absolute atomic E-state index is 2.43. The molecule has 2 atom stereocenters. The molecule has 0 nitrogen and oxygen atoms in total. The molecule has 2 aromatic rings. The van der Waals surface area contributed by atoms with Gasteiger partial charge in [0.2, 0.25) is 0 Å². The van der Waals surface area contributed by atoms with Crippen molar-refractivity contribution in [3.63, 3.8) is 0 Å². The minimum absolute atomic E-state index is 0. The summed E-state index contributed by atoms with van der Waals surface area (Å²) in [5.41, 5.74) is 7.66. The van der Waals surface area contributed by atoms with Gasteiger partial charge < -0.3 is 24.8 Å². The van der Waals surface area contributed by atoms with Crippen molar-refractivity contribution in [3.05, 3.63) is 83.5 Å². The van der Waals surface area contributed by atoms with Gasteiger partial charge in [0.1, 0.15) is 0 Å². The second-order valence-electron chi connectivity index (χ2n) is 6.51. The number of rotatable bonds is 1. The molecule has 2 aromatic carbocycles. The molecule has 0 spiro atoms. The zero-order chi connectivity index (χ0) is 13.8. The van der Waals surface area contributed by atoms with Crippen molar-refractivity contribution in [1.82, 2.24) is 0 Å². The summed E-state index contributed by atoms with van der Waals surface area (Å²) in [4.78, 5) is 0. The second-order valence-corrected chi connectivity index (χ2v) is 6.51. The summed E-state index contributed by atoms with van der Waals surface area (Å²) in [5.74, 6) is 1.99. The van der Waals surface area contributed by atoms with E-state index < -0.39 is 0 Å². The molecule has 3 heteroatoms. The monoisotopic (exact) mass is 430 g/mol. The summed E-state index contributed by atoms with van der Waals surface area (Å²) in [6.45, 7) is 0. The predicted octanol–water partition coefficient (Wildman–Crippen LogP) is -0.673. The van der Waals surface area contributed by atoms with Crippen LogP contribution in [0.2, 0.25) is 0 Å². The van der Waals surface area contributed by atoms with Crippen LogP contribution < -0.4 is 24.8 Å². The van der Waals surface area contributed by atoms with Gasteiger partial charge in [-0.15, -0.1) is 0 Å². The summed E-state index contributed by atoms with van der Waals surface area (Å²) in [5, 5.41) is 0. The standard InChI is InChI=1S/C21H18.2ClH.Zr/c1-3-9-18-16(7-1)17-8-2-4-10-19(17)21(18)20-13-12-14-6-5-11-15(14)20;;;/h1-11,15,20-21H,12-13H2;2*1H;/q;;;+2/p-2. The summed E-state index contributed by atoms with van der Waals surface area (Å²) in [7, 11) is 0. The SMILES string of the molecule is C1=CC2C(=C1)CCC2C1c2ccccc2-c2ccccc21.[Cl-].[Cl-].[Zr+2]. The summed E-state index contributed by atoms with van der Waals surface area (Å²) in [6, 6.07) is 18.0. The van der Waals surface area contributed by atoms with Gasteiger partial charge in [0, 0.05) is 11.8 Å². The zero-order valence-corrected chi connectivity index (χ0v) is 17.2. The Morgan fingerprint density at radius 3 is 2.00 bits per heavy atom. The Morgan fingerprint density at radius 1 is 0.792 bits per heavy atom. The van der Waals surface area contributed by atoms with Crippen LogP contribution in [0.15, 0.2) is 72.3 Å². The Labute approximate surface area is 175 Å². The van der Waals surface area contributed by atoms with Gasteiger partial charge in [-0.3, -0.25) is 0 Å². The van der Waals surface area contributed by atoms with Gasteiger partial charge in [-0.1, -0.05) is 72.3 Å². The Hall–Kier alpha value is -0.617. The molecule has 0 heterocycles. The molecular formula is C21H18Cl2Zr. The minimum atomic E-state index is 0. The number of allylic oxidation sites excluding steroid dienone is 4. The van der Waals surface area contributed by atoms with Crippen molar-refractivity contribution in [2.75, 3.05) is 0 Å². The fourth-order valence-corrected chi connectivity index (χ4v) is 4.74. The normalized spacial score (nSPS) is 22.4. The van der Waals surface area contributed by atoms with E-state index in [9.17, 15) is 0 Å². The molecule has 0 radical (unpaired) electrons. The fourth-order valence-electron chi connectivity index (χ4n) is 4.74. The van der Waals surface area contributed by atoms with Crippen LogP contribution in [-0.4, -0.2) is 0 Å². The average Bonchev–Trinajstić information content (AvgIpc) is 3.20. The predicted molar refractivity (Wildman–Crippen MR) is 87.2 cm³/mol. The first-order chi connectivity index (χ1) is 10.4. The van der Waals surface area contributed by atoms with Gasteiger partial charge in [0.25, 0.3) is 0 Å². The third kappa shape index (κ3) is 2.79. The topological polar surface area (TPSA) is 0 Å². The van der Waals surface area contributed by atoms with Gasteiger partial charge in [0.05, 0.1) is 0 Å². The number of benzene rings is 2. The van der Waals surface area contributed by atoms with Crippen LogP contribution in [-0.2, 0) is 26.2 Å². The van der Waals surface area contributed by atoms with Crippen molar-refractivity contribution >= 4 is 0 Å². The molecule has 0 saturated heterocycles.